The maximum Gasteiger partial charge on any atom is 0.306 e. The second-order valence-corrected chi connectivity index (χ2v) is 16.5. The van der Waals surface area contributed by atoms with Crippen molar-refractivity contribution in [3.05, 3.63) is 63.0 Å². The molecule has 2 N–H and O–H groups in total. The molecular weight excluding hydrogens is 695 g/mol. The Morgan fingerprint density at radius 1 is 0.900 bits per heavy atom. The Hall–Kier alpha value is -2.57. The third-order valence-corrected chi connectivity index (χ3v) is 13.0. The van der Waals surface area contributed by atoms with Gasteiger partial charge in [0.25, 0.3) is 5.91 Å². The van der Waals surface area contributed by atoms with Crippen LogP contribution in [0.15, 0.2) is 41.8 Å². The van der Waals surface area contributed by atoms with Gasteiger partial charge in [0.1, 0.15) is 0 Å². The quantitative estimate of drug-likeness (QED) is 0.189. The number of Topliss-reactive ketones (excluding diaryl/α,β-unsaturated/α-hetero) is 1. The van der Waals surface area contributed by atoms with Crippen LogP contribution in [0.5, 0.6) is 0 Å². The van der Waals surface area contributed by atoms with E-state index in [-0.39, 0.29) is 30.1 Å². The minimum atomic E-state index is -1.27. The summed E-state index contributed by atoms with van der Waals surface area (Å²) in [5.41, 5.74) is 1.53. The fraction of sp³-hybridized carbons (Fsp3) is 0.553. The summed E-state index contributed by atoms with van der Waals surface area (Å²) < 4.78 is 8.11. The summed E-state index contributed by atoms with van der Waals surface area (Å²) in [6.45, 7) is 3.03. The highest BCUT2D eigenvalue weighted by molar-refractivity contribution is 7.17. The summed E-state index contributed by atoms with van der Waals surface area (Å²) in [4.78, 5) is 47.2. The predicted octanol–water partition coefficient (Wildman–Crippen LogP) is 7.29. The number of rotatable bonds is 13. The molecule has 1 atom stereocenters. The number of nitrogens with zero attached hydrogens (tertiary/aromatic N) is 3. The standard InChI is InChI=1S/C38H44Cl2N4O5S/c39-31-19-33(41-36(46)30-22-50-34-6-2-1-5-29(30)34)32(40)17-24(31)18-35(45)38(42-15-3-4-16-42,49-28-13-7-23(8-14-28)37(47)48)43-20-27(21-43)44(25-9-10-25)26-11-12-26/h1-2,5-6,17,19,22-23,25-28H,3-4,7-16,18,20-21H2,(H,41,46)(H,47,48)/t23-,28-,38?. The third kappa shape index (κ3) is 6.73. The molecule has 2 aliphatic heterocycles. The zero-order valence-corrected chi connectivity index (χ0v) is 30.4. The van der Waals surface area contributed by atoms with Gasteiger partial charge in [0.05, 0.1) is 28.3 Å². The first-order valence-electron chi connectivity index (χ1n) is 18.2. The molecule has 2 aromatic carbocycles. The lowest BCUT2D eigenvalue weighted by Crippen LogP contribution is -2.76. The number of carboxylic acids is 1. The van der Waals surface area contributed by atoms with Gasteiger partial charge in [0, 0.05) is 71.2 Å². The van der Waals surface area contributed by atoms with Crippen LogP contribution in [0.1, 0.15) is 80.1 Å². The van der Waals surface area contributed by atoms with E-state index in [0.717, 1.165) is 49.1 Å². The highest BCUT2D eigenvalue weighted by atomic mass is 35.5. The van der Waals surface area contributed by atoms with Crippen LogP contribution >= 0.6 is 34.5 Å². The van der Waals surface area contributed by atoms with Gasteiger partial charge in [-0.3, -0.25) is 29.1 Å². The fourth-order valence-corrected chi connectivity index (χ4v) is 9.83. The molecule has 8 rings (SSSR count). The molecule has 3 heterocycles. The lowest BCUT2D eigenvalue weighted by molar-refractivity contribution is -0.277. The average molecular weight is 740 g/mol. The van der Waals surface area contributed by atoms with Crippen LogP contribution in [-0.4, -0.2) is 93.7 Å². The number of hydrogen-bond donors (Lipinski definition) is 2. The Balaban J connectivity index is 1.05. The molecular formula is C38H44Cl2N4O5S. The number of aliphatic carboxylic acids is 1. The van der Waals surface area contributed by atoms with Crippen molar-refractivity contribution in [2.24, 2.45) is 5.92 Å². The zero-order valence-electron chi connectivity index (χ0n) is 28.1. The number of halogens is 2. The first-order valence-corrected chi connectivity index (χ1v) is 19.8. The second-order valence-electron chi connectivity index (χ2n) is 14.8. The van der Waals surface area contributed by atoms with Crippen molar-refractivity contribution in [2.75, 3.05) is 31.5 Å². The van der Waals surface area contributed by atoms with Gasteiger partial charge in [0.15, 0.2) is 5.78 Å². The lowest BCUT2D eigenvalue weighted by atomic mass is 9.87. The largest absolute Gasteiger partial charge is 0.481 e. The average Bonchev–Trinajstić information content (AvgIpc) is 4.01. The summed E-state index contributed by atoms with van der Waals surface area (Å²) in [7, 11) is 0. The SMILES string of the molecule is O=C(Nc1cc(Cl)c(CC(=O)C(O[C@H]2CC[C@H](C(=O)O)CC2)(N2CCCC2)N2CC(N(C3CC3)C3CC3)C2)cc1Cl)c1csc2ccccc12. The van der Waals surface area contributed by atoms with Gasteiger partial charge in [-0.1, -0.05) is 41.4 Å². The minimum absolute atomic E-state index is 0.0129. The molecule has 3 saturated carbocycles. The van der Waals surface area contributed by atoms with Crippen LogP contribution < -0.4 is 5.32 Å². The summed E-state index contributed by atoms with van der Waals surface area (Å²) >= 11 is 15.2. The van der Waals surface area contributed by atoms with Crippen molar-refractivity contribution in [3.63, 3.8) is 0 Å². The number of ether oxygens (including phenoxy) is 1. The smallest absolute Gasteiger partial charge is 0.306 e. The molecule has 0 bridgehead atoms. The van der Waals surface area contributed by atoms with Crippen LogP contribution in [0.4, 0.5) is 5.69 Å². The molecule has 0 spiro atoms. The van der Waals surface area contributed by atoms with Crippen LogP contribution in [0, 0.1) is 5.92 Å². The molecule has 1 aromatic heterocycles. The first-order chi connectivity index (χ1) is 24.2. The van der Waals surface area contributed by atoms with Crippen LogP contribution in [0.3, 0.4) is 0 Å². The Kier molecular flexibility index (Phi) is 9.73. The van der Waals surface area contributed by atoms with Crippen LogP contribution in [0.25, 0.3) is 10.1 Å². The molecule has 3 aliphatic carbocycles. The third-order valence-electron chi connectivity index (χ3n) is 11.4. The lowest BCUT2D eigenvalue weighted by Gasteiger charge is -2.57. The minimum Gasteiger partial charge on any atom is -0.481 e. The van der Waals surface area contributed by atoms with Gasteiger partial charge in [-0.25, -0.2) is 0 Å². The van der Waals surface area contributed by atoms with Crippen molar-refractivity contribution in [1.29, 1.82) is 0 Å². The predicted molar refractivity (Wildman–Crippen MR) is 196 cm³/mol. The Morgan fingerprint density at radius 3 is 2.24 bits per heavy atom. The number of carbonyl (C=O) groups excluding carboxylic acids is 2. The fourth-order valence-electron chi connectivity index (χ4n) is 8.43. The van der Waals surface area contributed by atoms with Gasteiger partial charge < -0.3 is 15.2 Å². The summed E-state index contributed by atoms with van der Waals surface area (Å²) in [6, 6.07) is 12.8. The van der Waals surface area contributed by atoms with E-state index < -0.39 is 11.8 Å². The molecule has 9 nitrogen and oxygen atoms in total. The van der Waals surface area contributed by atoms with E-state index in [1.165, 1.54) is 37.0 Å². The van der Waals surface area contributed by atoms with Gasteiger partial charge in [-0.15, -0.1) is 11.3 Å². The summed E-state index contributed by atoms with van der Waals surface area (Å²) in [6.07, 6.45) is 9.08. The monoisotopic (exact) mass is 738 g/mol. The number of likely N-dealkylation sites (tertiary alicyclic amines) is 2. The van der Waals surface area contributed by atoms with Crippen LogP contribution in [-0.2, 0) is 20.7 Å². The highest BCUT2D eigenvalue weighted by Crippen LogP contribution is 2.44. The number of hydrogen-bond acceptors (Lipinski definition) is 8. The maximum absolute atomic E-state index is 15.0. The number of fused-ring (bicyclic) bond motifs is 1. The van der Waals surface area contributed by atoms with E-state index in [1.807, 2.05) is 29.6 Å². The van der Waals surface area contributed by atoms with Gasteiger partial charge in [0.2, 0.25) is 5.85 Å². The van der Waals surface area contributed by atoms with E-state index in [2.05, 4.69) is 20.0 Å². The molecule has 1 amide bonds. The number of benzene rings is 2. The number of carbonyl (C=O) groups is 3. The maximum atomic E-state index is 15.0. The summed E-state index contributed by atoms with van der Waals surface area (Å²) in [5.74, 6) is -2.76. The number of thiophene rings is 1. The first kappa shape index (κ1) is 34.5. The Bertz CT molecular complexity index is 1760. The van der Waals surface area contributed by atoms with Crippen molar-refractivity contribution in [2.45, 2.75) is 101 Å². The van der Waals surface area contributed by atoms with Crippen molar-refractivity contribution < 1.29 is 24.2 Å². The molecule has 5 aliphatic rings. The van der Waals surface area contributed by atoms with Crippen LogP contribution in [0.2, 0.25) is 10.0 Å². The number of carboxylic acid groups (broad SMARTS) is 1. The Labute approximate surface area is 306 Å². The Morgan fingerprint density at radius 2 is 1.58 bits per heavy atom. The molecule has 50 heavy (non-hydrogen) atoms. The summed E-state index contributed by atoms with van der Waals surface area (Å²) in [5, 5.41) is 15.9. The second kappa shape index (κ2) is 14.1. The van der Waals surface area contributed by atoms with Gasteiger partial charge >= 0.3 is 5.97 Å². The van der Waals surface area contributed by atoms with Gasteiger partial charge in [-0.05, 0) is 88.0 Å². The van der Waals surface area contributed by atoms with Crippen molar-refractivity contribution >= 4 is 68.0 Å². The van der Waals surface area contributed by atoms with E-state index >= 15 is 0 Å². The molecule has 12 heteroatoms. The molecule has 5 fully saturated rings. The topological polar surface area (TPSA) is 102 Å². The molecule has 266 valence electrons. The normalized spacial score (nSPS) is 24.7. The van der Waals surface area contributed by atoms with E-state index in [4.69, 9.17) is 27.9 Å². The van der Waals surface area contributed by atoms with E-state index in [0.29, 0.717) is 70.7 Å². The molecule has 3 aromatic rings. The highest BCUT2D eigenvalue weighted by Gasteiger charge is 2.58. The number of amides is 1. The number of ketones is 1. The molecule has 0 radical (unpaired) electrons. The van der Waals surface area contributed by atoms with E-state index in [1.54, 1.807) is 12.1 Å². The number of nitrogens with one attached hydrogen (secondary N) is 1. The zero-order chi connectivity index (χ0) is 34.6. The van der Waals surface area contributed by atoms with Crippen molar-refractivity contribution in [1.82, 2.24) is 14.7 Å². The van der Waals surface area contributed by atoms with Crippen molar-refractivity contribution in [3.8, 4) is 0 Å². The number of anilines is 1. The molecule has 2 saturated heterocycles. The molecule has 1 unspecified atom stereocenters. The van der Waals surface area contributed by atoms with Gasteiger partial charge in [-0.2, -0.15) is 0 Å². The van der Waals surface area contributed by atoms with E-state index in [9.17, 15) is 19.5 Å².